The molecular weight excluding hydrogens is 256 g/mol. The predicted octanol–water partition coefficient (Wildman–Crippen LogP) is 0.551. The summed E-state index contributed by atoms with van der Waals surface area (Å²) in [5, 5.41) is 9.24. The number of β-amino-alcohol motifs (C(OH)–C–C–N with tert-alkyl or cyclic N) is 1. The number of aliphatic hydroxyl groups excluding tert-OH is 1. The normalized spacial score (nSPS) is 23.1. The van der Waals surface area contributed by atoms with E-state index in [-0.39, 0.29) is 11.8 Å². The summed E-state index contributed by atoms with van der Waals surface area (Å²) in [7, 11) is 0. The van der Waals surface area contributed by atoms with Crippen molar-refractivity contribution in [2.45, 2.75) is 19.4 Å². The van der Waals surface area contributed by atoms with E-state index in [1.165, 1.54) is 0 Å². The summed E-state index contributed by atoms with van der Waals surface area (Å²) in [4.78, 5) is 27.8. The Morgan fingerprint density at radius 3 is 2.50 bits per heavy atom. The lowest BCUT2D eigenvalue weighted by Crippen LogP contribution is -2.56. The van der Waals surface area contributed by atoms with Gasteiger partial charge in [0.15, 0.2) is 0 Å². The number of carbonyl (C=O) groups excluding carboxylic acids is 2. The van der Waals surface area contributed by atoms with Crippen molar-refractivity contribution in [3.63, 3.8) is 0 Å². The maximum absolute atomic E-state index is 12.4. The fraction of sp³-hybridized carbons (Fsp3) is 0.467. The Bertz CT molecular complexity index is 535. The number of amides is 2. The number of likely N-dealkylation sites (tertiary alicyclic amines) is 1. The van der Waals surface area contributed by atoms with Gasteiger partial charge >= 0.3 is 0 Å². The predicted molar refractivity (Wildman–Crippen MR) is 74.2 cm³/mol. The van der Waals surface area contributed by atoms with E-state index < -0.39 is 12.0 Å². The summed E-state index contributed by atoms with van der Waals surface area (Å²) < 4.78 is 0. The van der Waals surface area contributed by atoms with Gasteiger partial charge in [-0.25, -0.2) is 0 Å². The first-order chi connectivity index (χ1) is 9.56. The second-order valence-corrected chi connectivity index (χ2v) is 5.56. The molecule has 5 heteroatoms. The van der Waals surface area contributed by atoms with E-state index in [1.807, 2.05) is 31.2 Å². The maximum Gasteiger partial charge on any atom is 0.239 e. The molecule has 0 bridgehead atoms. The van der Waals surface area contributed by atoms with Crippen LogP contribution in [0.15, 0.2) is 24.3 Å². The van der Waals surface area contributed by atoms with Gasteiger partial charge in [0.05, 0.1) is 6.10 Å². The van der Waals surface area contributed by atoms with Crippen LogP contribution in [0.5, 0.6) is 0 Å². The molecule has 0 saturated carbocycles. The molecule has 2 aliphatic rings. The molecule has 1 aromatic rings. The number of hydrogen-bond donors (Lipinski definition) is 1. The molecule has 1 aromatic carbocycles. The molecule has 0 radical (unpaired) electrons. The third-order valence-electron chi connectivity index (χ3n) is 4.02. The Labute approximate surface area is 117 Å². The molecule has 106 valence electrons. The molecule has 2 saturated heterocycles. The van der Waals surface area contributed by atoms with Gasteiger partial charge in [0.1, 0.15) is 5.92 Å². The average molecular weight is 274 g/mol. The third kappa shape index (κ3) is 2.18. The minimum Gasteiger partial charge on any atom is -0.389 e. The lowest BCUT2D eigenvalue weighted by atomic mass is 10.0. The second kappa shape index (κ2) is 4.90. The van der Waals surface area contributed by atoms with Gasteiger partial charge in [0, 0.05) is 25.3 Å². The second-order valence-electron chi connectivity index (χ2n) is 5.56. The highest BCUT2D eigenvalue weighted by Gasteiger charge is 2.42. The highest BCUT2D eigenvalue weighted by Crippen LogP contribution is 2.27. The smallest absolute Gasteiger partial charge is 0.239 e. The van der Waals surface area contributed by atoms with Crippen molar-refractivity contribution in [3.8, 4) is 0 Å². The van der Waals surface area contributed by atoms with Crippen LogP contribution in [0.25, 0.3) is 0 Å². The number of hydrogen-bond acceptors (Lipinski definition) is 3. The van der Waals surface area contributed by atoms with Gasteiger partial charge in [-0.3, -0.25) is 9.59 Å². The van der Waals surface area contributed by atoms with Crippen molar-refractivity contribution >= 4 is 17.5 Å². The van der Waals surface area contributed by atoms with Crippen LogP contribution in [0.4, 0.5) is 5.69 Å². The maximum atomic E-state index is 12.4. The Morgan fingerprint density at radius 1 is 1.25 bits per heavy atom. The lowest BCUT2D eigenvalue weighted by molar-refractivity contribution is -0.148. The van der Waals surface area contributed by atoms with Crippen LogP contribution in [-0.4, -0.2) is 47.6 Å². The van der Waals surface area contributed by atoms with Crippen molar-refractivity contribution in [2.24, 2.45) is 5.92 Å². The Kier molecular flexibility index (Phi) is 3.22. The summed E-state index contributed by atoms with van der Waals surface area (Å²) in [5.74, 6) is -0.848. The zero-order valence-corrected chi connectivity index (χ0v) is 11.5. The van der Waals surface area contributed by atoms with Crippen molar-refractivity contribution in [2.75, 3.05) is 24.5 Å². The Morgan fingerprint density at radius 2 is 1.90 bits per heavy atom. The van der Waals surface area contributed by atoms with E-state index in [0.717, 1.165) is 11.3 Å². The number of aliphatic hydroxyl groups is 1. The van der Waals surface area contributed by atoms with E-state index in [0.29, 0.717) is 26.1 Å². The molecule has 1 N–H and O–H groups in total. The van der Waals surface area contributed by atoms with Gasteiger partial charge < -0.3 is 14.9 Å². The van der Waals surface area contributed by atoms with Crippen LogP contribution >= 0.6 is 0 Å². The van der Waals surface area contributed by atoms with Gasteiger partial charge in [-0.2, -0.15) is 0 Å². The number of anilines is 1. The number of carbonyl (C=O) groups is 2. The Hall–Kier alpha value is -1.88. The quantitative estimate of drug-likeness (QED) is 0.801. The molecule has 0 aliphatic carbocycles. The first kappa shape index (κ1) is 13.1. The molecule has 5 nitrogen and oxygen atoms in total. The fourth-order valence-corrected chi connectivity index (χ4v) is 2.75. The zero-order valence-electron chi connectivity index (χ0n) is 11.5. The molecule has 2 fully saturated rings. The van der Waals surface area contributed by atoms with Crippen LogP contribution in [0.1, 0.15) is 12.0 Å². The Balaban J connectivity index is 1.70. The molecule has 0 aromatic heterocycles. The summed E-state index contributed by atoms with van der Waals surface area (Å²) in [6.45, 7) is 3.28. The van der Waals surface area contributed by atoms with Crippen LogP contribution in [0, 0.1) is 12.8 Å². The van der Waals surface area contributed by atoms with Crippen molar-refractivity contribution in [1.29, 1.82) is 0 Å². The summed E-state index contributed by atoms with van der Waals surface area (Å²) in [6, 6.07) is 7.74. The van der Waals surface area contributed by atoms with Gasteiger partial charge in [0.25, 0.3) is 0 Å². The standard InChI is InChI=1S/C15H18N2O3/c1-10-2-4-11(5-3-10)17-7-6-13(15(17)20)14(19)16-8-12(18)9-16/h2-5,12-13,18H,6-9H2,1H3/t13-/m0/s1. The molecular formula is C15H18N2O3. The molecule has 20 heavy (non-hydrogen) atoms. The molecule has 0 spiro atoms. The minimum absolute atomic E-state index is 0.125. The SMILES string of the molecule is Cc1ccc(N2CC[C@@H](C(=O)N3CC(O)C3)C2=O)cc1. The van der Waals surface area contributed by atoms with E-state index >= 15 is 0 Å². The van der Waals surface area contributed by atoms with E-state index in [4.69, 9.17) is 0 Å². The van der Waals surface area contributed by atoms with Gasteiger partial charge in [-0.15, -0.1) is 0 Å². The largest absolute Gasteiger partial charge is 0.389 e. The third-order valence-corrected chi connectivity index (χ3v) is 4.02. The lowest BCUT2D eigenvalue weighted by Gasteiger charge is -2.37. The fourth-order valence-electron chi connectivity index (χ4n) is 2.75. The summed E-state index contributed by atoms with van der Waals surface area (Å²) >= 11 is 0. The van der Waals surface area contributed by atoms with Gasteiger partial charge in [0.2, 0.25) is 11.8 Å². The van der Waals surface area contributed by atoms with Crippen molar-refractivity contribution < 1.29 is 14.7 Å². The monoisotopic (exact) mass is 274 g/mol. The van der Waals surface area contributed by atoms with Crippen LogP contribution < -0.4 is 4.90 Å². The van der Waals surface area contributed by atoms with E-state index in [1.54, 1.807) is 9.80 Å². The molecule has 0 unspecified atom stereocenters. The molecule has 3 rings (SSSR count). The molecule has 1 atom stereocenters. The number of rotatable bonds is 2. The van der Waals surface area contributed by atoms with E-state index in [9.17, 15) is 14.7 Å². The zero-order chi connectivity index (χ0) is 14.3. The number of aryl methyl sites for hydroxylation is 1. The van der Waals surface area contributed by atoms with Crippen molar-refractivity contribution in [3.05, 3.63) is 29.8 Å². The molecule has 2 heterocycles. The average Bonchev–Trinajstić information content (AvgIpc) is 2.77. The first-order valence-electron chi connectivity index (χ1n) is 6.91. The van der Waals surface area contributed by atoms with Crippen molar-refractivity contribution in [1.82, 2.24) is 4.90 Å². The summed E-state index contributed by atoms with van der Waals surface area (Å²) in [5.41, 5.74) is 1.99. The highest BCUT2D eigenvalue weighted by atomic mass is 16.3. The van der Waals surface area contributed by atoms with Crippen LogP contribution in [0.2, 0.25) is 0 Å². The number of benzene rings is 1. The topological polar surface area (TPSA) is 60.9 Å². The van der Waals surface area contributed by atoms with E-state index in [2.05, 4.69) is 0 Å². The summed E-state index contributed by atoms with van der Waals surface area (Å²) in [6.07, 6.45) is 0.127. The first-order valence-corrected chi connectivity index (χ1v) is 6.91. The minimum atomic E-state index is -0.580. The molecule has 2 amide bonds. The highest BCUT2D eigenvalue weighted by molar-refractivity contribution is 6.09. The van der Waals surface area contributed by atoms with Gasteiger partial charge in [-0.1, -0.05) is 17.7 Å². The van der Waals surface area contributed by atoms with Gasteiger partial charge in [-0.05, 0) is 25.5 Å². The van der Waals surface area contributed by atoms with Crippen LogP contribution in [0.3, 0.4) is 0 Å². The molecule has 2 aliphatic heterocycles. The number of nitrogens with zero attached hydrogens (tertiary/aromatic N) is 2. The van der Waals surface area contributed by atoms with Crippen LogP contribution in [-0.2, 0) is 9.59 Å².